The number of hydrogen-bond acceptors (Lipinski definition) is 7. The number of sulfone groups is 1. The van der Waals surface area contributed by atoms with Crippen molar-refractivity contribution in [3.8, 4) is 5.75 Å². The summed E-state index contributed by atoms with van der Waals surface area (Å²) in [5, 5.41) is 14.9. The van der Waals surface area contributed by atoms with E-state index in [1.54, 1.807) is 37.8 Å². The highest BCUT2D eigenvalue weighted by atomic mass is 32.2. The van der Waals surface area contributed by atoms with Gasteiger partial charge >= 0.3 is 6.09 Å². The summed E-state index contributed by atoms with van der Waals surface area (Å²) in [7, 11) is -3.40. The highest BCUT2D eigenvalue weighted by molar-refractivity contribution is 7.90. The van der Waals surface area contributed by atoms with Gasteiger partial charge in [0.05, 0.1) is 5.75 Å². The molecule has 3 amide bonds. The summed E-state index contributed by atoms with van der Waals surface area (Å²) >= 11 is 0. The van der Waals surface area contributed by atoms with Crippen molar-refractivity contribution in [3.05, 3.63) is 29.8 Å². The van der Waals surface area contributed by atoms with Crippen LogP contribution in [0.2, 0.25) is 0 Å². The van der Waals surface area contributed by atoms with Gasteiger partial charge in [0.2, 0.25) is 11.8 Å². The number of phenols is 1. The molecule has 0 aromatic heterocycles. The van der Waals surface area contributed by atoms with Crippen LogP contribution >= 0.6 is 0 Å². The Labute approximate surface area is 240 Å². The zero-order chi connectivity index (χ0) is 30.3. The summed E-state index contributed by atoms with van der Waals surface area (Å²) < 4.78 is 29.3. The van der Waals surface area contributed by atoms with Crippen LogP contribution in [-0.2, 0) is 30.6 Å². The van der Waals surface area contributed by atoms with Crippen molar-refractivity contribution < 1.29 is 32.6 Å². The molecule has 0 unspecified atom stereocenters. The van der Waals surface area contributed by atoms with E-state index in [9.17, 15) is 27.9 Å². The van der Waals surface area contributed by atoms with Crippen LogP contribution < -0.4 is 10.6 Å². The molecular weight excluding hydrogens is 534 g/mol. The number of carbonyl (C=O) groups is 3. The van der Waals surface area contributed by atoms with Gasteiger partial charge in [-0.25, -0.2) is 13.2 Å². The fraction of sp³-hybridized carbons (Fsp3) is 0.690. The molecule has 0 bridgehead atoms. The largest absolute Gasteiger partial charge is 0.508 e. The number of benzene rings is 1. The topological polar surface area (TPSA) is 142 Å². The number of ether oxygens (including phenoxy) is 1. The van der Waals surface area contributed by atoms with Gasteiger partial charge in [-0.2, -0.15) is 0 Å². The molecule has 40 heavy (non-hydrogen) atoms. The van der Waals surface area contributed by atoms with Crippen molar-refractivity contribution in [1.29, 1.82) is 0 Å². The fourth-order valence-corrected chi connectivity index (χ4v) is 4.71. The molecule has 0 aliphatic carbocycles. The molecule has 0 radical (unpaired) electrons. The molecule has 10 nitrogen and oxygen atoms in total. The van der Waals surface area contributed by atoms with E-state index in [0.29, 0.717) is 18.7 Å². The maximum absolute atomic E-state index is 13.7. The Morgan fingerprint density at radius 1 is 0.925 bits per heavy atom. The van der Waals surface area contributed by atoms with E-state index in [2.05, 4.69) is 24.5 Å². The van der Waals surface area contributed by atoms with Crippen LogP contribution in [0.5, 0.6) is 5.75 Å². The van der Waals surface area contributed by atoms with Gasteiger partial charge in [0.1, 0.15) is 33.3 Å². The highest BCUT2D eigenvalue weighted by Crippen LogP contribution is 2.14. The van der Waals surface area contributed by atoms with Crippen LogP contribution in [0.25, 0.3) is 0 Å². The van der Waals surface area contributed by atoms with E-state index >= 15 is 0 Å². The normalized spacial score (nSPS) is 13.2. The first kappa shape index (κ1) is 35.2. The van der Waals surface area contributed by atoms with E-state index < -0.39 is 39.5 Å². The van der Waals surface area contributed by atoms with Gasteiger partial charge in [-0.15, -0.1) is 0 Å². The summed E-state index contributed by atoms with van der Waals surface area (Å²) in [5.74, 6) is -1.18. The molecule has 1 rings (SSSR count). The van der Waals surface area contributed by atoms with Crippen molar-refractivity contribution in [2.45, 2.75) is 104 Å². The lowest BCUT2D eigenvalue weighted by molar-refractivity contribution is -0.137. The monoisotopic (exact) mass is 583 g/mol. The molecule has 0 aliphatic rings. The standard InChI is InChI=1S/C29H49N3O7S/c1-7-9-11-18-32(19-12-10-8-2)27(35)24(17-20-40(6,37)38)30-26(34)25(31-28(36)39-29(3,4)5)21-22-13-15-23(33)16-14-22/h13-16,24-25,33H,7-12,17-21H2,1-6H3,(H,30,34)(H,31,36)/t24-,25-/m0/s1. The Morgan fingerprint density at radius 3 is 1.95 bits per heavy atom. The third-order valence-corrected chi connectivity index (χ3v) is 7.13. The van der Waals surface area contributed by atoms with Gasteiger partial charge in [-0.3, -0.25) is 9.59 Å². The van der Waals surface area contributed by atoms with E-state index in [1.807, 2.05) is 0 Å². The molecule has 1 aromatic carbocycles. The Morgan fingerprint density at radius 2 is 1.48 bits per heavy atom. The predicted octanol–water partition coefficient (Wildman–Crippen LogP) is 3.96. The number of nitrogens with one attached hydrogen (secondary N) is 2. The summed E-state index contributed by atoms with van der Waals surface area (Å²) in [6.07, 6.45) is 5.77. The average Bonchev–Trinajstić information content (AvgIpc) is 2.84. The lowest BCUT2D eigenvalue weighted by Gasteiger charge is -2.29. The SMILES string of the molecule is CCCCCN(CCCCC)C(=O)[C@H](CCS(C)(=O)=O)NC(=O)[C@H](Cc1ccc(O)cc1)NC(=O)OC(C)(C)C. The maximum atomic E-state index is 13.7. The van der Waals surface area contributed by atoms with E-state index in [1.165, 1.54) is 12.1 Å². The number of alkyl carbamates (subject to hydrolysis) is 1. The molecule has 0 saturated carbocycles. The molecule has 0 spiro atoms. The number of hydrogen-bond donors (Lipinski definition) is 3. The van der Waals surface area contributed by atoms with Crippen molar-refractivity contribution in [1.82, 2.24) is 15.5 Å². The number of rotatable bonds is 17. The summed E-state index contributed by atoms with van der Waals surface area (Å²) in [6.45, 7) is 10.3. The number of carbonyl (C=O) groups excluding carboxylic acids is 3. The molecule has 0 aliphatic heterocycles. The first-order valence-corrected chi connectivity index (χ1v) is 16.3. The number of phenolic OH excluding ortho intramolecular Hbond substituents is 1. The average molecular weight is 584 g/mol. The van der Waals surface area contributed by atoms with Gasteiger partial charge in [-0.05, 0) is 57.7 Å². The summed E-state index contributed by atoms with van der Waals surface area (Å²) in [4.78, 5) is 41.5. The van der Waals surface area contributed by atoms with Gasteiger partial charge in [-0.1, -0.05) is 51.7 Å². The minimum absolute atomic E-state index is 0.0579. The second kappa shape index (κ2) is 17.1. The third-order valence-electron chi connectivity index (χ3n) is 6.15. The Kier molecular flexibility index (Phi) is 15.0. The third kappa shape index (κ3) is 15.1. The van der Waals surface area contributed by atoms with E-state index in [0.717, 1.165) is 44.8 Å². The molecule has 1 aromatic rings. The lowest BCUT2D eigenvalue weighted by Crippen LogP contribution is -2.56. The molecule has 0 saturated heterocycles. The van der Waals surface area contributed by atoms with Gasteiger partial charge in [0.25, 0.3) is 0 Å². The van der Waals surface area contributed by atoms with Crippen LogP contribution in [0.3, 0.4) is 0 Å². The zero-order valence-electron chi connectivity index (χ0n) is 25.0. The zero-order valence-corrected chi connectivity index (χ0v) is 25.8. The Balaban J connectivity index is 3.24. The summed E-state index contributed by atoms with van der Waals surface area (Å²) in [5.41, 5.74) is -0.136. The first-order chi connectivity index (χ1) is 18.6. The molecule has 3 N–H and O–H groups in total. The van der Waals surface area contributed by atoms with E-state index in [4.69, 9.17) is 4.74 Å². The number of aromatic hydroxyl groups is 1. The quantitative estimate of drug-likeness (QED) is 0.236. The number of nitrogens with zero attached hydrogens (tertiary/aromatic N) is 1. The fourth-order valence-electron chi connectivity index (χ4n) is 4.05. The number of amides is 3. The van der Waals surface area contributed by atoms with Crippen molar-refractivity contribution in [2.24, 2.45) is 0 Å². The maximum Gasteiger partial charge on any atom is 0.408 e. The van der Waals surface area contributed by atoms with Gasteiger partial charge < -0.3 is 25.4 Å². The highest BCUT2D eigenvalue weighted by Gasteiger charge is 2.31. The molecule has 0 heterocycles. The Hall–Kier alpha value is -2.82. The van der Waals surface area contributed by atoms with Gasteiger partial charge in [0, 0.05) is 25.8 Å². The van der Waals surface area contributed by atoms with Crippen LogP contribution in [0.1, 0.15) is 85.1 Å². The first-order valence-electron chi connectivity index (χ1n) is 14.2. The molecular formula is C29H49N3O7S. The Bertz CT molecular complexity index is 1030. The lowest BCUT2D eigenvalue weighted by atomic mass is 10.0. The molecule has 2 atom stereocenters. The molecule has 228 valence electrons. The van der Waals surface area contributed by atoms with Crippen LogP contribution in [0.15, 0.2) is 24.3 Å². The minimum atomic E-state index is -3.40. The van der Waals surface area contributed by atoms with Gasteiger partial charge in [0.15, 0.2) is 0 Å². The van der Waals surface area contributed by atoms with E-state index in [-0.39, 0.29) is 30.3 Å². The smallest absolute Gasteiger partial charge is 0.408 e. The molecule has 11 heteroatoms. The van der Waals surface area contributed by atoms with Crippen molar-refractivity contribution in [3.63, 3.8) is 0 Å². The second-order valence-electron chi connectivity index (χ2n) is 11.3. The summed E-state index contributed by atoms with van der Waals surface area (Å²) in [6, 6.07) is 4.01. The number of unbranched alkanes of at least 4 members (excludes halogenated alkanes) is 4. The van der Waals surface area contributed by atoms with Crippen molar-refractivity contribution >= 4 is 27.7 Å². The van der Waals surface area contributed by atoms with Crippen LogP contribution in [0, 0.1) is 0 Å². The van der Waals surface area contributed by atoms with Crippen LogP contribution in [-0.4, -0.2) is 79.1 Å². The minimum Gasteiger partial charge on any atom is -0.508 e. The second-order valence-corrected chi connectivity index (χ2v) is 13.5. The predicted molar refractivity (Wildman–Crippen MR) is 157 cm³/mol. The van der Waals surface area contributed by atoms with Crippen LogP contribution in [0.4, 0.5) is 4.79 Å². The molecule has 0 fully saturated rings. The van der Waals surface area contributed by atoms with Crippen molar-refractivity contribution in [2.75, 3.05) is 25.1 Å².